The Morgan fingerprint density at radius 1 is 1.00 bits per heavy atom. The van der Waals surface area contributed by atoms with Gasteiger partial charge in [-0.25, -0.2) is 9.78 Å². The summed E-state index contributed by atoms with van der Waals surface area (Å²) in [7, 11) is 0. The number of anilines is 1. The molecular formula is C32H38N4O4. The summed E-state index contributed by atoms with van der Waals surface area (Å²) in [6, 6.07) is 19.4. The molecule has 0 amide bonds. The smallest absolute Gasteiger partial charge is 0.337 e. The second kappa shape index (κ2) is 10.6. The predicted molar refractivity (Wildman–Crippen MR) is 156 cm³/mol. The minimum Gasteiger partial charge on any atom is -0.479 e. The van der Waals surface area contributed by atoms with Crippen molar-refractivity contribution in [3.63, 3.8) is 0 Å². The number of carbonyl (C=O) groups is 1. The number of nitrogens with zero attached hydrogens (tertiary/aromatic N) is 4. The molecule has 5 rings (SSSR count). The van der Waals surface area contributed by atoms with Gasteiger partial charge >= 0.3 is 5.97 Å². The first kappa shape index (κ1) is 27.6. The molecule has 210 valence electrons. The number of aryl methyl sites for hydroxylation is 1. The van der Waals surface area contributed by atoms with Crippen molar-refractivity contribution in [1.82, 2.24) is 14.6 Å². The Balaban J connectivity index is 1.63. The Labute approximate surface area is 235 Å². The van der Waals surface area contributed by atoms with Crippen LogP contribution in [0.15, 0.2) is 60.7 Å². The Morgan fingerprint density at radius 3 is 2.33 bits per heavy atom. The van der Waals surface area contributed by atoms with E-state index in [1.54, 1.807) is 4.52 Å². The number of aliphatic carboxylic acids is 1. The van der Waals surface area contributed by atoms with E-state index in [-0.39, 0.29) is 5.41 Å². The lowest BCUT2D eigenvalue weighted by Gasteiger charge is -2.39. The predicted octanol–water partition coefficient (Wildman–Crippen LogP) is 7.06. The molecule has 1 fully saturated rings. The number of rotatable bonds is 7. The molecule has 0 saturated carbocycles. The molecule has 4 aromatic rings. The highest BCUT2D eigenvalue weighted by Gasteiger charge is 2.36. The van der Waals surface area contributed by atoms with Crippen molar-refractivity contribution in [3.8, 4) is 22.8 Å². The lowest BCUT2D eigenvalue weighted by Crippen LogP contribution is -2.40. The zero-order valence-corrected chi connectivity index (χ0v) is 24.1. The molecule has 0 spiro atoms. The molecule has 1 aliphatic rings. The minimum absolute atomic E-state index is 0.223. The number of ether oxygens (including phenoxy) is 2. The monoisotopic (exact) mass is 542 g/mol. The average Bonchev–Trinajstić information content (AvgIpc) is 3.31. The number of piperidine rings is 1. The average molecular weight is 543 g/mol. The van der Waals surface area contributed by atoms with Crippen LogP contribution >= 0.6 is 0 Å². The molecule has 1 N–H and O–H groups in total. The van der Waals surface area contributed by atoms with Gasteiger partial charge in [-0.2, -0.15) is 9.61 Å². The molecule has 40 heavy (non-hydrogen) atoms. The standard InChI is InChI=1S/C32H38N4O4/c1-21-27(28(30(37)38)40-31(2,3)4)29(35-17-15-32(5,6)16-18-35)36-26(33-21)20-25(34-36)22-11-10-14-24(19-22)39-23-12-8-7-9-13-23/h7-14,19-20,28H,15-18H2,1-6H3,(H,37,38)/t28-/m0/s1. The van der Waals surface area contributed by atoms with Gasteiger partial charge in [0.2, 0.25) is 0 Å². The SMILES string of the molecule is Cc1nc2cc(-c3cccc(Oc4ccccc4)c3)nn2c(N2CCC(C)(C)CC2)c1[C@H](OC(C)(C)C)C(=O)O. The van der Waals surface area contributed by atoms with Crippen molar-refractivity contribution in [2.45, 2.75) is 66.1 Å². The Morgan fingerprint density at radius 2 is 1.68 bits per heavy atom. The first-order valence-corrected chi connectivity index (χ1v) is 13.8. The van der Waals surface area contributed by atoms with Gasteiger partial charge in [0.1, 0.15) is 17.3 Å². The van der Waals surface area contributed by atoms with Gasteiger partial charge in [0.05, 0.1) is 16.9 Å². The van der Waals surface area contributed by atoms with Gasteiger partial charge in [-0.3, -0.25) is 0 Å². The molecule has 3 heterocycles. The minimum atomic E-state index is -1.18. The van der Waals surface area contributed by atoms with Gasteiger partial charge in [0.25, 0.3) is 0 Å². The highest BCUT2D eigenvalue weighted by molar-refractivity contribution is 5.79. The normalized spacial score (nSPS) is 16.2. The first-order valence-electron chi connectivity index (χ1n) is 13.8. The van der Waals surface area contributed by atoms with Crippen LogP contribution in [0.1, 0.15) is 64.8 Å². The number of carboxylic acids is 1. The molecule has 0 unspecified atom stereocenters. The molecule has 0 radical (unpaired) electrons. The van der Waals surface area contributed by atoms with Crippen molar-refractivity contribution >= 4 is 17.4 Å². The number of fused-ring (bicyclic) bond motifs is 1. The van der Waals surface area contributed by atoms with Crippen molar-refractivity contribution in [3.05, 3.63) is 71.9 Å². The number of para-hydroxylation sites is 1. The molecule has 0 aliphatic carbocycles. The van der Waals surface area contributed by atoms with Crippen LogP contribution in [0.3, 0.4) is 0 Å². The maximum atomic E-state index is 12.6. The summed E-state index contributed by atoms with van der Waals surface area (Å²) in [6.07, 6.45) is 0.789. The van der Waals surface area contributed by atoms with E-state index in [9.17, 15) is 9.90 Å². The van der Waals surface area contributed by atoms with E-state index in [0.717, 1.165) is 48.8 Å². The zero-order chi connectivity index (χ0) is 28.7. The van der Waals surface area contributed by atoms with Gasteiger partial charge in [-0.1, -0.05) is 44.2 Å². The quantitative estimate of drug-likeness (QED) is 0.267. The topological polar surface area (TPSA) is 89.2 Å². The summed E-state index contributed by atoms with van der Waals surface area (Å²) in [5, 5.41) is 15.3. The van der Waals surface area contributed by atoms with Crippen molar-refractivity contribution in [1.29, 1.82) is 0 Å². The van der Waals surface area contributed by atoms with Crippen LogP contribution < -0.4 is 9.64 Å². The lowest BCUT2D eigenvalue weighted by molar-refractivity contribution is -0.160. The van der Waals surface area contributed by atoms with Crippen LogP contribution in [0, 0.1) is 12.3 Å². The molecular weight excluding hydrogens is 504 g/mol. The Bertz CT molecular complexity index is 1510. The molecule has 2 aromatic heterocycles. The summed E-state index contributed by atoms with van der Waals surface area (Å²) < 4.78 is 14.0. The van der Waals surface area contributed by atoms with Crippen molar-refractivity contribution in [2.24, 2.45) is 5.41 Å². The highest BCUT2D eigenvalue weighted by Crippen LogP contribution is 2.39. The molecule has 1 saturated heterocycles. The van der Waals surface area contributed by atoms with Crippen molar-refractivity contribution in [2.75, 3.05) is 18.0 Å². The Hall–Kier alpha value is -3.91. The van der Waals surface area contributed by atoms with Crippen LogP contribution in [0.4, 0.5) is 5.82 Å². The number of carboxylic acid groups (broad SMARTS) is 1. The second-order valence-corrected chi connectivity index (χ2v) is 12.3. The van der Waals surface area contributed by atoms with Crippen LogP contribution in [-0.4, -0.2) is 44.4 Å². The van der Waals surface area contributed by atoms with Gasteiger partial charge in [0, 0.05) is 30.4 Å². The van der Waals surface area contributed by atoms with Crippen molar-refractivity contribution < 1.29 is 19.4 Å². The first-order chi connectivity index (χ1) is 18.9. The van der Waals surface area contributed by atoms with Crippen LogP contribution in [0.2, 0.25) is 0 Å². The van der Waals surface area contributed by atoms with E-state index in [4.69, 9.17) is 19.6 Å². The summed E-state index contributed by atoms with van der Waals surface area (Å²) >= 11 is 0. The fourth-order valence-corrected chi connectivity index (χ4v) is 5.12. The van der Waals surface area contributed by atoms with E-state index in [1.807, 2.05) is 88.4 Å². The number of aromatic nitrogens is 3. The van der Waals surface area contributed by atoms with Gasteiger partial charge < -0.3 is 19.5 Å². The lowest BCUT2D eigenvalue weighted by atomic mass is 9.82. The molecule has 1 atom stereocenters. The van der Waals surface area contributed by atoms with E-state index < -0.39 is 17.7 Å². The van der Waals surface area contributed by atoms with Gasteiger partial charge in [-0.15, -0.1) is 0 Å². The second-order valence-electron chi connectivity index (χ2n) is 12.3. The fourth-order valence-electron chi connectivity index (χ4n) is 5.12. The maximum absolute atomic E-state index is 12.6. The van der Waals surface area contributed by atoms with E-state index >= 15 is 0 Å². The highest BCUT2D eigenvalue weighted by atomic mass is 16.5. The third-order valence-corrected chi connectivity index (χ3v) is 7.29. The van der Waals surface area contributed by atoms with E-state index in [2.05, 4.69) is 18.7 Å². The largest absolute Gasteiger partial charge is 0.479 e. The van der Waals surface area contributed by atoms with Crippen LogP contribution in [0.5, 0.6) is 11.5 Å². The number of benzene rings is 2. The third-order valence-electron chi connectivity index (χ3n) is 7.29. The van der Waals surface area contributed by atoms with Gasteiger partial charge in [0.15, 0.2) is 11.8 Å². The zero-order valence-electron chi connectivity index (χ0n) is 24.1. The summed E-state index contributed by atoms with van der Waals surface area (Å²) in [4.78, 5) is 19.7. The van der Waals surface area contributed by atoms with Crippen LogP contribution in [0.25, 0.3) is 16.9 Å². The van der Waals surface area contributed by atoms with E-state index in [0.29, 0.717) is 22.7 Å². The Kier molecular flexibility index (Phi) is 7.31. The fraction of sp³-hybridized carbons (Fsp3) is 0.406. The maximum Gasteiger partial charge on any atom is 0.337 e. The molecule has 1 aliphatic heterocycles. The molecule has 2 aromatic carbocycles. The third kappa shape index (κ3) is 5.97. The van der Waals surface area contributed by atoms with Crippen LogP contribution in [-0.2, 0) is 9.53 Å². The summed E-state index contributed by atoms with van der Waals surface area (Å²) in [6.45, 7) is 13.6. The molecule has 8 heteroatoms. The molecule has 0 bridgehead atoms. The summed E-state index contributed by atoms with van der Waals surface area (Å²) in [5.41, 5.74) is 2.99. The van der Waals surface area contributed by atoms with E-state index in [1.165, 1.54) is 0 Å². The van der Waals surface area contributed by atoms with Gasteiger partial charge in [-0.05, 0) is 70.2 Å². The number of hydrogen-bond acceptors (Lipinski definition) is 6. The summed E-state index contributed by atoms with van der Waals surface area (Å²) in [5.74, 6) is 1.15. The molecule has 8 nitrogen and oxygen atoms in total. The number of hydrogen-bond donors (Lipinski definition) is 1.